The van der Waals surface area contributed by atoms with E-state index in [1.165, 1.54) is 48.2 Å². The number of carbonyl (C=O) groups is 1. The number of amides is 1. The number of fused-ring (bicyclic) bond motifs is 1. The highest BCUT2D eigenvalue weighted by Gasteiger charge is 2.25. The summed E-state index contributed by atoms with van der Waals surface area (Å²) in [6.07, 6.45) is 0. The number of benzene rings is 3. The van der Waals surface area contributed by atoms with E-state index in [0.717, 1.165) is 11.1 Å². The lowest BCUT2D eigenvalue weighted by Gasteiger charge is -2.17. The van der Waals surface area contributed by atoms with Crippen LogP contribution in [0.15, 0.2) is 82.8 Å². The van der Waals surface area contributed by atoms with Crippen LogP contribution in [-0.2, 0) is 21.4 Å². The first kappa shape index (κ1) is 23.0. The van der Waals surface area contributed by atoms with E-state index in [1.54, 1.807) is 6.07 Å². The number of anilines is 1. The largest absolute Gasteiger partial charge is 0.325 e. The molecule has 0 unspecified atom stereocenters. The van der Waals surface area contributed by atoms with Gasteiger partial charge in [-0.25, -0.2) is 22.9 Å². The molecular weight excluding hydrogens is 463 g/mol. The lowest BCUT2D eigenvalue weighted by atomic mass is 10.1. The number of carbonyl (C=O) groups excluding carboxylic acids is 1. The molecule has 1 amide bonds. The number of nitrogens with one attached hydrogen (secondary N) is 1. The van der Waals surface area contributed by atoms with Gasteiger partial charge >= 0.3 is 0 Å². The summed E-state index contributed by atoms with van der Waals surface area (Å²) in [6.45, 7) is 2.50. The van der Waals surface area contributed by atoms with E-state index in [-0.39, 0.29) is 10.8 Å². The van der Waals surface area contributed by atoms with E-state index in [1.807, 2.05) is 41.8 Å². The van der Waals surface area contributed by atoms with Crippen molar-refractivity contribution in [3.8, 4) is 0 Å². The van der Waals surface area contributed by atoms with E-state index in [0.29, 0.717) is 22.9 Å². The number of rotatable bonds is 7. The van der Waals surface area contributed by atoms with Gasteiger partial charge in [-0.05, 0) is 55.0 Å². The standard InChI is InChI=1S/C23H21FN4O3S2/c1-2-28-20-13-12-18(33(25,30)31)14-19(20)27-23(28)32-21(15-6-4-3-5-7-15)22(29)26-17-10-8-16(24)9-11-17/h3-14,21H,2H2,1H3,(H,26,29)(H2,25,30,31)/t21-/m0/s1. The highest BCUT2D eigenvalue weighted by molar-refractivity contribution is 8.00. The molecule has 0 aliphatic rings. The predicted molar refractivity (Wildman–Crippen MR) is 127 cm³/mol. The first-order chi connectivity index (χ1) is 15.8. The Balaban J connectivity index is 1.72. The third-order valence-electron chi connectivity index (χ3n) is 5.00. The van der Waals surface area contributed by atoms with Gasteiger partial charge in [0.25, 0.3) is 0 Å². The maximum atomic E-state index is 13.2. The van der Waals surface area contributed by atoms with E-state index in [2.05, 4.69) is 10.3 Å². The van der Waals surface area contributed by atoms with Crippen LogP contribution in [0.3, 0.4) is 0 Å². The number of aromatic nitrogens is 2. The number of primary sulfonamides is 1. The molecule has 170 valence electrons. The maximum absolute atomic E-state index is 13.2. The number of sulfonamides is 1. The number of halogens is 1. The monoisotopic (exact) mass is 484 g/mol. The Morgan fingerprint density at radius 1 is 1.12 bits per heavy atom. The first-order valence-electron chi connectivity index (χ1n) is 10.1. The van der Waals surface area contributed by atoms with Gasteiger partial charge in [0.2, 0.25) is 15.9 Å². The normalized spacial score (nSPS) is 12.6. The van der Waals surface area contributed by atoms with Gasteiger partial charge in [0.05, 0.1) is 15.9 Å². The van der Waals surface area contributed by atoms with Gasteiger partial charge in [0, 0.05) is 12.2 Å². The van der Waals surface area contributed by atoms with Crippen LogP contribution in [-0.4, -0.2) is 23.9 Å². The second-order valence-electron chi connectivity index (χ2n) is 7.24. The Morgan fingerprint density at radius 3 is 2.45 bits per heavy atom. The Kier molecular flexibility index (Phi) is 6.50. The molecule has 1 aromatic heterocycles. The number of aryl methyl sites for hydroxylation is 1. The number of nitrogens with zero attached hydrogens (tertiary/aromatic N) is 2. The van der Waals surface area contributed by atoms with Gasteiger partial charge < -0.3 is 9.88 Å². The average Bonchev–Trinajstić information content (AvgIpc) is 3.15. The van der Waals surface area contributed by atoms with Crippen molar-refractivity contribution in [3.63, 3.8) is 0 Å². The Bertz CT molecular complexity index is 1410. The topological polar surface area (TPSA) is 107 Å². The fourth-order valence-electron chi connectivity index (χ4n) is 3.41. The molecule has 0 aliphatic heterocycles. The summed E-state index contributed by atoms with van der Waals surface area (Å²) in [6, 6.07) is 19.3. The molecule has 1 heterocycles. The predicted octanol–water partition coefficient (Wildman–Crippen LogP) is 4.31. The molecule has 3 N–H and O–H groups in total. The molecule has 4 rings (SSSR count). The lowest BCUT2D eigenvalue weighted by molar-refractivity contribution is -0.115. The molecule has 1 atom stereocenters. The summed E-state index contributed by atoms with van der Waals surface area (Å²) >= 11 is 1.25. The number of nitrogens with two attached hydrogens (primary N) is 1. The van der Waals surface area contributed by atoms with Crippen LogP contribution in [0.5, 0.6) is 0 Å². The van der Waals surface area contributed by atoms with Gasteiger partial charge in [-0.3, -0.25) is 4.79 Å². The van der Waals surface area contributed by atoms with Crippen molar-refractivity contribution >= 4 is 44.4 Å². The Hall–Kier alpha value is -3.21. The zero-order valence-electron chi connectivity index (χ0n) is 17.6. The van der Waals surface area contributed by atoms with E-state index in [4.69, 9.17) is 5.14 Å². The van der Waals surface area contributed by atoms with Crippen molar-refractivity contribution < 1.29 is 17.6 Å². The summed E-state index contributed by atoms with van der Waals surface area (Å²) in [5, 5.41) is 7.99. The molecule has 33 heavy (non-hydrogen) atoms. The smallest absolute Gasteiger partial charge is 0.242 e. The van der Waals surface area contributed by atoms with E-state index < -0.39 is 21.1 Å². The summed E-state index contributed by atoms with van der Waals surface area (Å²) in [7, 11) is -3.87. The molecule has 3 aromatic carbocycles. The Labute approximate surface area is 194 Å². The molecule has 0 aliphatic carbocycles. The van der Waals surface area contributed by atoms with Gasteiger partial charge in [-0.1, -0.05) is 42.1 Å². The third kappa shape index (κ3) is 5.08. The molecule has 10 heteroatoms. The molecular formula is C23H21FN4O3S2. The zero-order chi connectivity index (χ0) is 23.6. The summed E-state index contributed by atoms with van der Waals surface area (Å²) in [5.74, 6) is -0.685. The minimum atomic E-state index is -3.87. The first-order valence-corrected chi connectivity index (χ1v) is 12.5. The van der Waals surface area contributed by atoms with Crippen LogP contribution in [0.2, 0.25) is 0 Å². The van der Waals surface area contributed by atoms with Crippen molar-refractivity contribution in [2.45, 2.75) is 28.8 Å². The fourth-order valence-corrected chi connectivity index (χ4v) is 5.12. The van der Waals surface area contributed by atoms with Gasteiger partial charge in [0.1, 0.15) is 11.1 Å². The summed E-state index contributed by atoms with van der Waals surface area (Å²) in [5.41, 5.74) is 2.45. The minimum absolute atomic E-state index is 0.0269. The molecule has 0 radical (unpaired) electrons. The lowest BCUT2D eigenvalue weighted by Crippen LogP contribution is -2.19. The maximum Gasteiger partial charge on any atom is 0.242 e. The van der Waals surface area contributed by atoms with Crippen LogP contribution in [0.4, 0.5) is 10.1 Å². The van der Waals surface area contributed by atoms with Crippen LogP contribution >= 0.6 is 11.8 Å². The molecule has 4 aromatic rings. The molecule has 0 bridgehead atoms. The summed E-state index contributed by atoms with van der Waals surface area (Å²) in [4.78, 5) is 17.8. The number of imidazole rings is 1. The Morgan fingerprint density at radius 2 is 1.82 bits per heavy atom. The van der Waals surface area contributed by atoms with Crippen molar-refractivity contribution in [2.24, 2.45) is 5.14 Å². The van der Waals surface area contributed by atoms with Crippen molar-refractivity contribution in [1.29, 1.82) is 0 Å². The highest BCUT2D eigenvalue weighted by atomic mass is 32.2. The third-order valence-corrected chi connectivity index (χ3v) is 7.16. The SMILES string of the molecule is CCn1c(S[C@H](C(=O)Nc2ccc(F)cc2)c2ccccc2)nc2cc(S(N)(=O)=O)ccc21. The van der Waals surface area contributed by atoms with Gasteiger partial charge in [-0.2, -0.15) is 0 Å². The molecule has 0 saturated carbocycles. The number of hydrogen-bond donors (Lipinski definition) is 2. The van der Waals surface area contributed by atoms with Crippen LogP contribution in [0, 0.1) is 5.82 Å². The van der Waals surface area contributed by atoms with Crippen molar-refractivity contribution in [1.82, 2.24) is 9.55 Å². The second-order valence-corrected chi connectivity index (χ2v) is 9.87. The van der Waals surface area contributed by atoms with E-state index in [9.17, 15) is 17.6 Å². The fraction of sp³-hybridized carbons (Fsp3) is 0.130. The van der Waals surface area contributed by atoms with Gasteiger partial charge in [0.15, 0.2) is 5.16 Å². The minimum Gasteiger partial charge on any atom is -0.325 e. The molecule has 0 spiro atoms. The van der Waals surface area contributed by atoms with Gasteiger partial charge in [-0.15, -0.1) is 0 Å². The van der Waals surface area contributed by atoms with Crippen LogP contribution in [0.25, 0.3) is 11.0 Å². The van der Waals surface area contributed by atoms with Crippen molar-refractivity contribution in [3.05, 3.63) is 84.2 Å². The number of hydrogen-bond acceptors (Lipinski definition) is 5. The van der Waals surface area contributed by atoms with E-state index >= 15 is 0 Å². The quantitative estimate of drug-likeness (QED) is 0.380. The highest BCUT2D eigenvalue weighted by Crippen LogP contribution is 2.37. The van der Waals surface area contributed by atoms with Crippen LogP contribution < -0.4 is 10.5 Å². The van der Waals surface area contributed by atoms with Crippen LogP contribution in [0.1, 0.15) is 17.7 Å². The summed E-state index contributed by atoms with van der Waals surface area (Å²) < 4.78 is 38.7. The molecule has 0 fully saturated rings. The molecule has 7 nitrogen and oxygen atoms in total. The van der Waals surface area contributed by atoms with Crippen molar-refractivity contribution in [2.75, 3.05) is 5.32 Å². The zero-order valence-corrected chi connectivity index (χ0v) is 19.2. The average molecular weight is 485 g/mol. The second kappa shape index (κ2) is 9.34. The number of thioether (sulfide) groups is 1. The molecule has 0 saturated heterocycles.